The summed E-state index contributed by atoms with van der Waals surface area (Å²) in [5.74, 6) is 0.715. The number of benzene rings is 1. The van der Waals surface area contributed by atoms with Gasteiger partial charge in [-0.1, -0.05) is 19.8 Å². The summed E-state index contributed by atoms with van der Waals surface area (Å²) in [4.78, 5) is 14.1. The van der Waals surface area contributed by atoms with Crippen LogP contribution in [0.1, 0.15) is 49.9 Å². The molecule has 0 bridgehead atoms. The van der Waals surface area contributed by atoms with E-state index in [0.29, 0.717) is 23.8 Å². The molecule has 2 rings (SSSR count). The van der Waals surface area contributed by atoms with Crippen LogP contribution in [0.25, 0.3) is 0 Å². The molecule has 0 saturated heterocycles. The van der Waals surface area contributed by atoms with E-state index in [1.807, 2.05) is 19.1 Å². The van der Waals surface area contributed by atoms with E-state index in [9.17, 15) is 4.79 Å². The summed E-state index contributed by atoms with van der Waals surface area (Å²) in [6, 6.07) is 6.16. The van der Waals surface area contributed by atoms with Gasteiger partial charge in [0.25, 0.3) is 5.91 Å². The second-order valence-electron chi connectivity index (χ2n) is 6.17. The van der Waals surface area contributed by atoms with Crippen molar-refractivity contribution in [1.82, 2.24) is 5.32 Å². The van der Waals surface area contributed by atoms with Crippen LogP contribution >= 0.6 is 0 Å². The van der Waals surface area contributed by atoms with Gasteiger partial charge in [0.2, 0.25) is 0 Å². The van der Waals surface area contributed by atoms with E-state index in [4.69, 9.17) is 5.73 Å². The Balaban J connectivity index is 2.14. The minimum Gasteiger partial charge on any atom is -0.397 e. The topological polar surface area (TPSA) is 58.4 Å². The van der Waals surface area contributed by atoms with E-state index in [0.717, 1.165) is 11.6 Å². The number of nitrogens with two attached hydrogens (primary N) is 1. The Bertz CT molecular complexity index is 501. The van der Waals surface area contributed by atoms with Crippen LogP contribution in [-0.4, -0.2) is 25.5 Å². The predicted octanol–water partition coefficient (Wildman–Crippen LogP) is 3.03. The Morgan fingerprint density at radius 3 is 2.81 bits per heavy atom. The minimum absolute atomic E-state index is 0.0651. The molecule has 116 valence electrons. The summed E-state index contributed by atoms with van der Waals surface area (Å²) in [6.07, 6.45) is 5.05. The molecule has 0 heterocycles. The zero-order chi connectivity index (χ0) is 15.4. The van der Waals surface area contributed by atoms with Gasteiger partial charge < -0.3 is 16.0 Å². The molecular formula is C17H27N3O. The summed E-state index contributed by atoms with van der Waals surface area (Å²) in [6.45, 7) is 4.86. The fourth-order valence-electron chi connectivity index (χ4n) is 3.23. The van der Waals surface area contributed by atoms with Crippen molar-refractivity contribution >= 4 is 17.3 Å². The Labute approximate surface area is 127 Å². The molecule has 0 aromatic heterocycles. The first-order valence-electron chi connectivity index (χ1n) is 7.93. The highest BCUT2D eigenvalue weighted by molar-refractivity contribution is 5.96. The number of carbonyl (C=O) groups is 1. The van der Waals surface area contributed by atoms with Gasteiger partial charge in [-0.15, -0.1) is 0 Å². The number of hydrogen-bond donors (Lipinski definition) is 2. The number of carbonyl (C=O) groups excluding carboxylic acids is 1. The smallest absolute Gasteiger partial charge is 0.251 e. The second-order valence-corrected chi connectivity index (χ2v) is 6.17. The average molecular weight is 289 g/mol. The molecular weight excluding hydrogens is 262 g/mol. The monoisotopic (exact) mass is 289 g/mol. The minimum atomic E-state index is -0.0651. The summed E-state index contributed by atoms with van der Waals surface area (Å²) in [5.41, 5.74) is 8.51. The van der Waals surface area contributed by atoms with Gasteiger partial charge in [0, 0.05) is 25.2 Å². The van der Waals surface area contributed by atoms with Crippen LogP contribution in [0.15, 0.2) is 18.2 Å². The average Bonchev–Trinajstić information content (AvgIpc) is 2.46. The number of hydrogen-bond acceptors (Lipinski definition) is 3. The van der Waals surface area contributed by atoms with Crippen LogP contribution in [0.3, 0.4) is 0 Å². The van der Waals surface area contributed by atoms with Crippen molar-refractivity contribution in [3.05, 3.63) is 23.8 Å². The molecule has 3 N–H and O–H groups in total. The Hall–Kier alpha value is -1.71. The highest BCUT2D eigenvalue weighted by Crippen LogP contribution is 2.32. The summed E-state index contributed by atoms with van der Waals surface area (Å²) in [7, 11) is 2.11. The maximum Gasteiger partial charge on any atom is 0.251 e. The van der Waals surface area contributed by atoms with Crippen molar-refractivity contribution in [2.45, 2.75) is 45.6 Å². The molecule has 0 spiro atoms. The summed E-state index contributed by atoms with van der Waals surface area (Å²) >= 11 is 0. The quantitative estimate of drug-likeness (QED) is 0.838. The number of amides is 1. The molecule has 1 aliphatic carbocycles. The van der Waals surface area contributed by atoms with Crippen molar-refractivity contribution in [2.24, 2.45) is 5.92 Å². The van der Waals surface area contributed by atoms with Crippen molar-refractivity contribution < 1.29 is 4.79 Å². The van der Waals surface area contributed by atoms with E-state index in [2.05, 4.69) is 24.2 Å². The molecule has 1 fully saturated rings. The third-order valence-corrected chi connectivity index (χ3v) is 4.46. The van der Waals surface area contributed by atoms with Crippen LogP contribution in [0.4, 0.5) is 11.4 Å². The largest absolute Gasteiger partial charge is 0.397 e. The van der Waals surface area contributed by atoms with Gasteiger partial charge in [-0.2, -0.15) is 0 Å². The van der Waals surface area contributed by atoms with E-state index < -0.39 is 0 Å². The molecule has 2 unspecified atom stereocenters. The van der Waals surface area contributed by atoms with Crippen LogP contribution in [-0.2, 0) is 0 Å². The summed E-state index contributed by atoms with van der Waals surface area (Å²) in [5, 5.41) is 2.80. The molecule has 0 aliphatic heterocycles. The molecule has 1 aromatic rings. The predicted molar refractivity (Wildman–Crippen MR) is 88.7 cm³/mol. The van der Waals surface area contributed by atoms with Gasteiger partial charge in [0.05, 0.1) is 11.4 Å². The Kier molecular flexibility index (Phi) is 5.10. The van der Waals surface area contributed by atoms with Gasteiger partial charge in [-0.3, -0.25) is 4.79 Å². The van der Waals surface area contributed by atoms with Crippen LogP contribution in [0, 0.1) is 5.92 Å². The number of nitrogen functional groups attached to an aromatic ring is 1. The molecule has 1 aromatic carbocycles. The zero-order valence-corrected chi connectivity index (χ0v) is 13.4. The van der Waals surface area contributed by atoms with E-state index >= 15 is 0 Å². The maximum absolute atomic E-state index is 11.8. The van der Waals surface area contributed by atoms with Crippen molar-refractivity contribution in [3.63, 3.8) is 0 Å². The van der Waals surface area contributed by atoms with E-state index in [1.165, 1.54) is 25.7 Å². The number of anilines is 2. The summed E-state index contributed by atoms with van der Waals surface area (Å²) < 4.78 is 0. The van der Waals surface area contributed by atoms with Crippen molar-refractivity contribution in [3.8, 4) is 0 Å². The van der Waals surface area contributed by atoms with Gasteiger partial charge in [-0.25, -0.2) is 0 Å². The maximum atomic E-state index is 11.8. The first kappa shape index (κ1) is 15.7. The lowest BCUT2D eigenvalue weighted by atomic mass is 9.86. The standard InChI is InChI=1S/C17H27N3O/c1-4-19-17(21)13-8-9-16(15(18)11-13)20(3)14-7-5-6-12(2)10-14/h8-9,11-12,14H,4-7,10,18H2,1-3H3,(H,19,21). The fraction of sp³-hybridized carbons (Fsp3) is 0.588. The van der Waals surface area contributed by atoms with Crippen LogP contribution in [0.2, 0.25) is 0 Å². The molecule has 1 saturated carbocycles. The third kappa shape index (κ3) is 3.69. The molecule has 4 nitrogen and oxygen atoms in total. The Morgan fingerprint density at radius 2 is 2.19 bits per heavy atom. The lowest BCUT2D eigenvalue weighted by Gasteiger charge is -2.36. The zero-order valence-electron chi connectivity index (χ0n) is 13.4. The lowest BCUT2D eigenvalue weighted by Crippen LogP contribution is -2.36. The van der Waals surface area contributed by atoms with Crippen LogP contribution < -0.4 is 16.0 Å². The number of nitrogens with zero attached hydrogens (tertiary/aromatic N) is 1. The third-order valence-electron chi connectivity index (χ3n) is 4.46. The van der Waals surface area contributed by atoms with E-state index in [-0.39, 0.29) is 5.91 Å². The highest BCUT2D eigenvalue weighted by atomic mass is 16.1. The first-order valence-corrected chi connectivity index (χ1v) is 7.93. The van der Waals surface area contributed by atoms with Gasteiger partial charge >= 0.3 is 0 Å². The Morgan fingerprint density at radius 1 is 1.43 bits per heavy atom. The van der Waals surface area contributed by atoms with Crippen molar-refractivity contribution in [2.75, 3.05) is 24.2 Å². The molecule has 1 amide bonds. The molecule has 1 aliphatic rings. The van der Waals surface area contributed by atoms with Gasteiger partial charge in [-0.05, 0) is 43.9 Å². The second kappa shape index (κ2) is 6.83. The molecule has 4 heteroatoms. The first-order chi connectivity index (χ1) is 10.0. The normalized spacial score (nSPS) is 21.9. The van der Waals surface area contributed by atoms with E-state index in [1.54, 1.807) is 6.07 Å². The van der Waals surface area contributed by atoms with Gasteiger partial charge in [0.15, 0.2) is 0 Å². The fourth-order valence-corrected chi connectivity index (χ4v) is 3.23. The molecule has 0 radical (unpaired) electrons. The lowest BCUT2D eigenvalue weighted by molar-refractivity contribution is 0.0956. The van der Waals surface area contributed by atoms with Crippen LogP contribution in [0.5, 0.6) is 0 Å². The number of rotatable bonds is 4. The van der Waals surface area contributed by atoms with Gasteiger partial charge in [0.1, 0.15) is 0 Å². The highest BCUT2D eigenvalue weighted by Gasteiger charge is 2.23. The van der Waals surface area contributed by atoms with Crippen molar-refractivity contribution in [1.29, 1.82) is 0 Å². The molecule has 2 atom stereocenters. The number of nitrogens with one attached hydrogen (secondary N) is 1. The SMILES string of the molecule is CCNC(=O)c1ccc(N(C)C2CCCC(C)C2)c(N)c1. The molecule has 21 heavy (non-hydrogen) atoms.